The first kappa shape index (κ1) is 16.8. The Bertz CT molecular complexity index is 777. The maximum Gasteiger partial charge on any atom is 0.272 e. The van der Waals surface area contributed by atoms with Crippen LogP contribution in [0.3, 0.4) is 0 Å². The Hall–Kier alpha value is -2.52. The van der Waals surface area contributed by atoms with Crippen molar-refractivity contribution in [1.82, 2.24) is 10.3 Å². The lowest BCUT2D eigenvalue weighted by atomic mass is 10.3. The highest BCUT2D eigenvalue weighted by atomic mass is 32.2. The van der Waals surface area contributed by atoms with Gasteiger partial charge in [-0.2, -0.15) is 0 Å². The van der Waals surface area contributed by atoms with Crippen LogP contribution in [0.5, 0.6) is 5.75 Å². The molecule has 0 spiro atoms. The summed E-state index contributed by atoms with van der Waals surface area (Å²) in [6, 6.07) is 9.03. The monoisotopic (exact) mass is 342 g/mol. The zero-order valence-corrected chi connectivity index (χ0v) is 12.4. The molecule has 6 nitrogen and oxygen atoms in total. The number of benzene rings is 2. The van der Waals surface area contributed by atoms with Crippen molar-refractivity contribution in [3.63, 3.8) is 0 Å². The lowest BCUT2D eigenvalue weighted by molar-refractivity contribution is -0.123. The number of amides is 1. The maximum atomic E-state index is 12.8. The molecule has 0 fully saturated rings. The van der Waals surface area contributed by atoms with Gasteiger partial charge < -0.3 is 4.74 Å². The molecule has 0 unspecified atom stereocenters. The molecular formula is C14H12F2N2O4S. The number of ether oxygens (including phenoxy) is 1. The number of rotatable bonds is 6. The summed E-state index contributed by atoms with van der Waals surface area (Å²) in [6.07, 6.45) is 0. The Balaban J connectivity index is 1.86. The Morgan fingerprint density at radius 2 is 1.48 bits per heavy atom. The Kier molecular flexibility index (Phi) is 5.24. The molecule has 0 bridgehead atoms. The number of hydrazine groups is 1. The molecule has 122 valence electrons. The number of carbonyl (C=O) groups excluding carboxylic acids is 1. The van der Waals surface area contributed by atoms with Crippen LogP contribution in [0.4, 0.5) is 8.78 Å². The summed E-state index contributed by atoms with van der Waals surface area (Å²) >= 11 is 0. The first-order chi connectivity index (χ1) is 10.9. The molecule has 0 heterocycles. The third kappa shape index (κ3) is 5.01. The van der Waals surface area contributed by atoms with Crippen LogP contribution in [0.2, 0.25) is 0 Å². The summed E-state index contributed by atoms with van der Waals surface area (Å²) in [5.41, 5.74) is 1.95. The normalized spacial score (nSPS) is 11.0. The number of hydrogen-bond acceptors (Lipinski definition) is 4. The molecule has 1 amide bonds. The summed E-state index contributed by atoms with van der Waals surface area (Å²) < 4.78 is 54.1. The minimum atomic E-state index is -4.01. The molecule has 2 aromatic rings. The van der Waals surface area contributed by atoms with E-state index in [4.69, 9.17) is 4.74 Å². The third-order valence-electron chi connectivity index (χ3n) is 2.63. The van der Waals surface area contributed by atoms with Crippen molar-refractivity contribution in [3.05, 3.63) is 60.2 Å². The van der Waals surface area contributed by atoms with E-state index in [2.05, 4.69) is 0 Å². The van der Waals surface area contributed by atoms with Gasteiger partial charge in [0.2, 0.25) is 0 Å². The fraction of sp³-hybridized carbons (Fsp3) is 0.0714. The second-order valence-corrected chi connectivity index (χ2v) is 6.03. The second kappa shape index (κ2) is 7.16. The van der Waals surface area contributed by atoms with Crippen molar-refractivity contribution in [2.45, 2.75) is 4.90 Å². The molecule has 23 heavy (non-hydrogen) atoms. The van der Waals surface area contributed by atoms with Gasteiger partial charge in [0.15, 0.2) is 6.61 Å². The smallest absolute Gasteiger partial charge is 0.272 e. The lowest BCUT2D eigenvalue weighted by Crippen LogP contribution is -2.43. The van der Waals surface area contributed by atoms with Crippen LogP contribution in [0.1, 0.15) is 0 Å². The molecule has 0 saturated heterocycles. The summed E-state index contributed by atoms with van der Waals surface area (Å²) in [7, 11) is -4.01. The molecular weight excluding hydrogens is 330 g/mol. The standard InChI is InChI=1S/C14H12F2N2O4S/c15-10-1-5-12(6-2-10)22-9-14(19)17-18-23(20,21)13-7-3-11(16)4-8-13/h1-8,18H,9H2,(H,17,19). The van der Waals surface area contributed by atoms with Gasteiger partial charge in [0.25, 0.3) is 15.9 Å². The Morgan fingerprint density at radius 3 is 2.04 bits per heavy atom. The SMILES string of the molecule is O=C(COc1ccc(F)cc1)NNS(=O)(=O)c1ccc(F)cc1. The van der Waals surface area contributed by atoms with E-state index in [0.717, 1.165) is 36.4 Å². The van der Waals surface area contributed by atoms with Gasteiger partial charge in [0, 0.05) is 0 Å². The fourth-order valence-corrected chi connectivity index (χ4v) is 2.37. The molecule has 2 aromatic carbocycles. The fourth-order valence-electron chi connectivity index (χ4n) is 1.51. The zero-order chi connectivity index (χ0) is 16.9. The van der Waals surface area contributed by atoms with Crippen LogP contribution in [-0.4, -0.2) is 20.9 Å². The zero-order valence-electron chi connectivity index (χ0n) is 11.6. The van der Waals surface area contributed by atoms with Crippen molar-refractivity contribution in [1.29, 1.82) is 0 Å². The molecule has 0 atom stereocenters. The molecule has 0 aliphatic rings. The predicted octanol–water partition coefficient (Wildman–Crippen LogP) is 1.35. The first-order valence-corrected chi connectivity index (χ1v) is 7.80. The maximum absolute atomic E-state index is 12.8. The average molecular weight is 342 g/mol. The first-order valence-electron chi connectivity index (χ1n) is 6.31. The van der Waals surface area contributed by atoms with Gasteiger partial charge in [0.05, 0.1) is 4.90 Å². The van der Waals surface area contributed by atoms with Crippen molar-refractivity contribution < 1.29 is 26.7 Å². The largest absolute Gasteiger partial charge is 0.484 e. The number of carbonyl (C=O) groups is 1. The quantitative estimate of drug-likeness (QED) is 0.776. The van der Waals surface area contributed by atoms with Crippen LogP contribution < -0.4 is 15.0 Å². The Morgan fingerprint density at radius 1 is 0.957 bits per heavy atom. The molecule has 0 radical (unpaired) electrons. The van der Waals surface area contributed by atoms with E-state index in [1.54, 1.807) is 0 Å². The van der Waals surface area contributed by atoms with Gasteiger partial charge in [-0.25, -0.2) is 17.2 Å². The van der Waals surface area contributed by atoms with Crippen molar-refractivity contribution in [2.24, 2.45) is 0 Å². The molecule has 0 saturated carbocycles. The molecule has 2 N–H and O–H groups in total. The van der Waals surface area contributed by atoms with E-state index in [-0.39, 0.29) is 10.6 Å². The van der Waals surface area contributed by atoms with E-state index in [1.165, 1.54) is 12.1 Å². The van der Waals surface area contributed by atoms with Crippen molar-refractivity contribution >= 4 is 15.9 Å². The summed E-state index contributed by atoms with van der Waals surface area (Å²) in [6.45, 7) is -0.475. The van der Waals surface area contributed by atoms with Gasteiger partial charge in [-0.3, -0.25) is 10.2 Å². The predicted molar refractivity (Wildman–Crippen MR) is 76.8 cm³/mol. The van der Waals surface area contributed by atoms with Gasteiger partial charge in [-0.15, -0.1) is 4.83 Å². The van der Waals surface area contributed by atoms with E-state index >= 15 is 0 Å². The van der Waals surface area contributed by atoms with Crippen molar-refractivity contribution in [2.75, 3.05) is 6.61 Å². The molecule has 0 aromatic heterocycles. The van der Waals surface area contributed by atoms with E-state index in [9.17, 15) is 22.0 Å². The van der Waals surface area contributed by atoms with E-state index < -0.39 is 34.2 Å². The highest BCUT2D eigenvalue weighted by Crippen LogP contribution is 2.11. The second-order valence-electron chi connectivity index (χ2n) is 4.35. The van der Waals surface area contributed by atoms with Gasteiger partial charge in [0.1, 0.15) is 17.4 Å². The van der Waals surface area contributed by atoms with Crippen LogP contribution in [-0.2, 0) is 14.8 Å². The number of sulfonamides is 1. The number of nitrogens with one attached hydrogen (secondary N) is 2. The summed E-state index contributed by atoms with van der Waals surface area (Å²) in [5, 5.41) is 0. The summed E-state index contributed by atoms with van der Waals surface area (Å²) in [4.78, 5) is 13.2. The van der Waals surface area contributed by atoms with Crippen LogP contribution >= 0.6 is 0 Å². The van der Waals surface area contributed by atoms with Gasteiger partial charge in [-0.05, 0) is 48.5 Å². The Labute approximate surface area is 131 Å². The van der Waals surface area contributed by atoms with E-state index in [1.807, 2.05) is 10.3 Å². The summed E-state index contributed by atoms with van der Waals surface area (Å²) in [5.74, 6) is -1.54. The van der Waals surface area contributed by atoms with Crippen LogP contribution in [0, 0.1) is 11.6 Å². The van der Waals surface area contributed by atoms with E-state index in [0.29, 0.717) is 0 Å². The molecule has 2 rings (SSSR count). The van der Waals surface area contributed by atoms with Crippen LogP contribution in [0.15, 0.2) is 53.4 Å². The topological polar surface area (TPSA) is 84.5 Å². The van der Waals surface area contributed by atoms with Crippen LogP contribution in [0.25, 0.3) is 0 Å². The number of hydrogen-bond donors (Lipinski definition) is 2. The lowest BCUT2D eigenvalue weighted by Gasteiger charge is -2.09. The van der Waals surface area contributed by atoms with Crippen molar-refractivity contribution in [3.8, 4) is 5.75 Å². The minimum Gasteiger partial charge on any atom is -0.484 e. The van der Waals surface area contributed by atoms with Gasteiger partial charge >= 0.3 is 0 Å². The highest BCUT2D eigenvalue weighted by molar-refractivity contribution is 7.89. The minimum absolute atomic E-state index is 0.210. The van der Waals surface area contributed by atoms with Gasteiger partial charge in [-0.1, -0.05) is 0 Å². The average Bonchev–Trinajstić information content (AvgIpc) is 2.53. The molecule has 0 aliphatic carbocycles. The highest BCUT2D eigenvalue weighted by Gasteiger charge is 2.15. The molecule has 0 aliphatic heterocycles. The number of halogens is 2. The third-order valence-corrected chi connectivity index (χ3v) is 3.90. The molecule has 9 heteroatoms.